The Bertz CT molecular complexity index is 2010. The smallest absolute Gasteiger partial charge is 0.330 e. The normalized spacial score (nSPS) is 24.7. The number of nitrogens with one attached hydrogen (secondary N) is 3. The van der Waals surface area contributed by atoms with Crippen molar-refractivity contribution in [2.45, 2.75) is 90.1 Å². The minimum atomic E-state index is -0.816. The fourth-order valence-corrected chi connectivity index (χ4v) is 5.20. The van der Waals surface area contributed by atoms with Crippen molar-refractivity contribution in [2.24, 2.45) is 0 Å². The zero-order chi connectivity index (χ0) is 38.7. The van der Waals surface area contributed by atoms with E-state index in [4.69, 9.17) is 34.6 Å². The van der Waals surface area contributed by atoms with Gasteiger partial charge in [0.25, 0.3) is 16.7 Å². The van der Waals surface area contributed by atoms with E-state index >= 15 is 0 Å². The zero-order valence-electron chi connectivity index (χ0n) is 29.1. The van der Waals surface area contributed by atoms with Crippen LogP contribution >= 0.6 is 0 Å². The Labute approximate surface area is 294 Å². The molecule has 52 heavy (non-hydrogen) atoms. The molecule has 0 saturated carbocycles. The standard InChI is InChI=1S/C10H14N2O5.C10H14N2O4.C10H12N2O4.C2H6O/c1-5-3-12(10(16)11-9(5)15)8-2-6(14)7(4-13)17-8;2*1-6-4-12(10(15)11-9(6)14)8-3-2-7(5-13)16-8;1-2-3/h3,6-8,13-14H,2,4H2,1H3,(H,11,15,16);4,7-8,13H,2-3,5H2,1H3,(H,11,14,15);2-4,7-8,13H,5H2,1H3,(H,11,14,15);3H,2H2,1H3/t6?,7-,8-;2*7-,8+;/m100./s1. The maximum Gasteiger partial charge on any atom is 0.330 e. The second-order valence-electron chi connectivity index (χ2n) is 12.0. The highest BCUT2D eigenvalue weighted by Crippen LogP contribution is 2.27. The van der Waals surface area contributed by atoms with Crippen molar-refractivity contribution >= 4 is 0 Å². The summed E-state index contributed by atoms with van der Waals surface area (Å²) in [5.74, 6) is 0. The van der Waals surface area contributed by atoms with Crippen molar-refractivity contribution in [1.29, 1.82) is 0 Å². The van der Waals surface area contributed by atoms with Crippen molar-refractivity contribution in [3.8, 4) is 0 Å². The lowest BCUT2D eigenvalue weighted by Crippen LogP contribution is -2.33. The average Bonchev–Trinajstić information content (AvgIpc) is 3.87. The van der Waals surface area contributed by atoms with Crippen LogP contribution in [-0.2, 0) is 14.2 Å². The highest BCUT2D eigenvalue weighted by atomic mass is 16.5. The van der Waals surface area contributed by atoms with Crippen LogP contribution in [-0.4, -0.2) is 105 Å². The Morgan fingerprint density at radius 3 is 1.56 bits per heavy atom. The summed E-state index contributed by atoms with van der Waals surface area (Å²) in [7, 11) is 0. The van der Waals surface area contributed by atoms with Gasteiger partial charge in [0.2, 0.25) is 0 Å². The average molecular weight is 739 g/mol. The Hall–Kier alpha value is -4.54. The minimum absolute atomic E-state index is 0.0480. The minimum Gasteiger partial charge on any atom is -0.397 e. The highest BCUT2D eigenvalue weighted by molar-refractivity contribution is 5.06. The molecule has 0 aromatic carbocycles. The SMILES string of the molecule is CCO.Cc1cn([C@H]2C=C[C@@H](CO)O2)c(=O)[nH]c1=O.Cc1cn([C@H]2CC(O)[C@@H](CO)O2)c(=O)[nH]c1=O.Cc1cn([C@H]2CC[C@@H](CO)O2)c(=O)[nH]c1=O. The molecule has 288 valence electrons. The molecule has 0 amide bonds. The summed E-state index contributed by atoms with van der Waals surface area (Å²) < 4.78 is 20.0. The fraction of sp³-hybridized carbons (Fsp3) is 0.562. The van der Waals surface area contributed by atoms with Gasteiger partial charge in [-0.1, -0.05) is 6.08 Å². The summed E-state index contributed by atoms with van der Waals surface area (Å²) in [5.41, 5.74) is -1.52. The van der Waals surface area contributed by atoms with E-state index in [9.17, 15) is 33.9 Å². The predicted octanol–water partition coefficient (Wildman–Crippen LogP) is -2.71. The number of aliphatic hydroxyl groups is 5. The van der Waals surface area contributed by atoms with Crippen LogP contribution in [0.3, 0.4) is 0 Å². The summed E-state index contributed by atoms with van der Waals surface area (Å²) >= 11 is 0. The Balaban J connectivity index is 0.000000202. The summed E-state index contributed by atoms with van der Waals surface area (Å²) in [5, 5.41) is 43.9. The van der Waals surface area contributed by atoms with Crippen LogP contribution in [0.1, 0.15) is 61.6 Å². The van der Waals surface area contributed by atoms with Crippen molar-refractivity contribution in [1.82, 2.24) is 28.7 Å². The van der Waals surface area contributed by atoms with Gasteiger partial charge in [0.05, 0.1) is 32.0 Å². The zero-order valence-corrected chi connectivity index (χ0v) is 29.1. The third-order valence-corrected chi connectivity index (χ3v) is 7.99. The highest BCUT2D eigenvalue weighted by Gasteiger charge is 2.35. The molecule has 7 atom stereocenters. The molecule has 1 unspecified atom stereocenters. The fourth-order valence-electron chi connectivity index (χ4n) is 5.20. The summed E-state index contributed by atoms with van der Waals surface area (Å²) in [6.45, 7) is 6.25. The molecule has 3 aliphatic rings. The molecular weight excluding hydrogens is 692 g/mol. The largest absolute Gasteiger partial charge is 0.397 e. The number of H-pyrrole nitrogens is 3. The van der Waals surface area contributed by atoms with Crippen LogP contribution in [0.15, 0.2) is 59.5 Å². The molecule has 2 saturated heterocycles. The van der Waals surface area contributed by atoms with Crippen LogP contribution < -0.4 is 33.7 Å². The Morgan fingerprint density at radius 2 is 1.13 bits per heavy atom. The molecule has 6 heterocycles. The number of hydrogen-bond donors (Lipinski definition) is 8. The van der Waals surface area contributed by atoms with Crippen molar-refractivity contribution in [3.05, 3.63) is 110 Å². The van der Waals surface area contributed by atoms with Crippen LogP contribution in [0.5, 0.6) is 0 Å². The van der Waals surface area contributed by atoms with E-state index in [0.717, 1.165) is 0 Å². The summed E-state index contributed by atoms with van der Waals surface area (Å²) in [6, 6.07) is 0. The van der Waals surface area contributed by atoms with E-state index in [-0.39, 0.29) is 50.7 Å². The number of aliphatic hydroxyl groups excluding tert-OH is 5. The molecular formula is C32H46N6O14. The lowest BCUT2D eigenvalue weighted by Gasteiger charge is -2.14. The maximum absolute atomic E-state index is 11.6. The van der Waals surface area contributed by atoms with Gasteiger partial charge < -0.3 is 39.7 Å². The molecule has 8 N–H and O–H groups in total. The number of aromatic nitrogens is 6. The lowest BCUT2D eigenvalue weighted by molar-refractivity contribution is -0.0459. The van der Waals surface area contributed by atoms with Gasteiger partial charge in [0, 0.05) is 48.3 Å². The number of aromatic amines is 3. The van der Waals surface area contributed by atoms with Gasteiger partial charge >= 0.3 is 17.1 Å². The number of hydrogen-bond acceptors (Lipinski definition) is 14. The van der Waals surface area contributed by atoms with Gasteiger partial charge in [-0.2, -0.15) is 0 Å². The number of ether oxygens (including phenoxy) is 3. The van der Waals surface area contributed by atoms with Crippen molar-refractivity contribution in [3.63, 3.8) is 0 Å². The molecule has 20 nitrogen and oxygen atoms in total. The first-order chi connectivity index (χ1) is 24.7. The van der Waals surface area contributed by atoms with Crippen LogP contribution in [0.4, 0.5) is 0 Å². The molecule has 0 spiro atoms. The topological polar surface area (TPSA) is 293 Å². The first kappa shape index (κ1) is 41.9. The summed E-state index contributed by atoms with van der Waals surface area (Å²) in [4.78, 5) is 74.7. The summed E-state index contributed by atoms with van der Waals surface area (Å²) in [6.07, 6.45) is 5.50. The van der Waals surface area contributed by atoms with Crippen LogP contribution in [0, 0.1) is 20.8 Å². The Morgan fingerprint density at radius 1 is 0.654 bits per heavy atom. The quantitative estimate of drug-likeness (QED) is 0.119. The third kappa shape index (κ3) is 10.7. The van der Waals surface area contributed by atoms with Crippen LogP contribution in [0.2, 0.25) is 0 Å². The van der Waals surface area contributed by atoms with Gasteiger partial charge in [0.1, 0.15) is 24.7 Å². The number of aryl methyl sites for hydroxylation is 3. The molecule has 20 heteroatoms. The van der Waals surface area contributed by atoms with Gasteiger partial charge in [-0.05, 0) is 46.6 Å². The van der Waals surface area contributed by atoms with Crippen molar-refractivity contribution in [2.75, 3.05) is 26.4 Å². The van der Waals surface area contributed by atoms with Crippen LogP contribution in [0.25, 0.3) is 0 Å². The maximum atomic E-state index is 11.6. The number of nitrogens with zero attached hydrogens (tertiary/aromatic N) is 3. The molecule has 0 bridgehead atoms. The van der Waals surface area contributed by atoms with E-state index in [1.807, 2.05) is 0 Å². The molecule has 0 radical (unpaired) electrons. The van der Waals surface area contributed by atoms with E-state index in [2.05, 4.69) is 15.0 Å². The van der Waals surface area contributed by atoms with E-state index in [1.165, 1.54) is 32.3 Å². The van der Waals surface area contributed by atoms with Gasteiger partial charge in [-0.3, -0.25) is 43.0 Å². The number of rotatable bonds is 6. The van der Waals surface area contributed by atoms with Crippen molar-refractivity contribution < 1.29 is 39.7 Å². The molecule has 6 rings (SSSR count). The first-order valence-electron chi connectivity index (χ1n) is 16.4. The second-order valence-corrected chi connectivity index (χ2v) is 12.0. The monoisotopic (exact) mass is 738 g/mol. The van der Waals surface area contributed by atoms with Gasteiger partial charge in [-0.15, -0.1) is 0 Å². The predicted molar refractivity (Wildman–Crippen MR) is 183 cm³/mol. The van der Waals surface area contributed by atoms with E-state index in [1.54, 1.807) is 39.8 Å². The second kappa shape index (κ2) is 19.3. The third-order valence-electron chi connectivity index (χ3n) is 7.99. The molecule has 3 aromatic rings. The lowest BCUT2D eigenvalue weighted by atomic mass is 10.2. The Kier molecular flexibility index (Phi) is 15.6. The molecule has 2 fully saturated rings. The molecule has 3 aliphatic heterocycles. The van der Waals surface area contributed by atoms with E-state index < -0.39 is 59.0 Å². The van der Waals surface area contributed by atoms with E-state index in [0.29, 0.717) is 29.5 Å². The van der Waals surface area contributed by atoms with Gasteiger partial charge in [0.15, 0.2) is 6.23 Å². The van der Waals surface area contributed by atoms with Gasteiger partial charge in [-0.25, -0.2) is 14.4 Å². The molecule has 3 aromatic heterocycles. The molecule has 0 aliphatic carbocycles. The first-order valence-corrected chi connectivity index (χ1v) is 16.4.